The molecule has 2 atom stereocenters. The van der Waals surface area contributed by atoms with Crippen molar-refractivity contribution in [2.24, 2.45) is 0 Å². The maximum Gasteiger partial charge on any atom is 0.254 e. The fourth-order valence-corrected chi connectivity index (χ4v) is 4.21. The molecule has 0 radical (unpaired) electrons. The Morgan fingerprint density at radius 3 is 2.57 bits per heavy atom. The zero-order chi connectivity index (χ0) is 15.8. The molecule has 2 unspecified atom stereocenters. The Labute approximate surface area is 137 Å². The highest BCUT2D eigenvalue weighted by molar-refractivity contribution is 5.95. The average molecular weight is 316 g/mol. The molecule has 1 amide bonds. The van der Waals surface area contributed by atoms with Gasteiger partial charge >= 0.3 is 0 Å². The van der Waals surface area contributed by atoms with Crippen LogP contribution in [0.5, 0.6) is 11.5 Å². The van der Waals surface area contributed by atoms with E-state index in [1.807, 2.05) is 18.2 Å². The van der Waals surface area contributed by atoms with Crippen LogP contribution in [0, 0.1) is 0 Å². The van der Waals surface area contributed by atoms with Crippen molar-refractivity contribution in [3.05, 3.63) is 23.8 Å². The van der Waals surface area contributed by atoms with Crippen LogP contribution >= 0.6 is 0 Å². The van der Waals surface area contributed by atoms with E-state index in [1.54, 1.807) is 0 Å². The van der Waals surface area contributed by atoms with Crippen LogP contribution in [0.15, 0.2) is 18.2 Å². The molecule has 124 valence electrons. The topological polar surface area (TPSA) is 42.0 Å². The van der Waals surface area contributed by atoms with Gasteiger partial charge < -0.3 is 19.3 Å². The number of likely N-dealkylation sites (N-methyl/N-ethyl adjacent to an activating group) is 1. The molecule has 4 rings (SSSR count). The zero-order valence-corrected chi connectivity index (χ0v) is 13.7. The van der Waals surface area contributed by atoms with Crippen LogP contribution in [-0.4, -0.2) is 61.1 Å². The van der Waals surface area contributed by atoms with Crippen LogP contribution in [0.25, 0.3) is 0 Å². The first-order valence-corrected chi connectivity index (χ1v) is 8.65. The molecular formula is C18H24N2O3. The van der Waals surface area contributed by atoms with Crippen LogP contribution in [0.1, 0.15) is 36.0 Å². The summed E-state index contributed by atoms with van der Waals surface area (Å²) < 4.78 is 11.2. The Hall–Kier alpha value is -1.75. The SMILES string of the molecule is CN1CCCC1C1CCCN1C(=O)c1ccc2c(c1)OCCO2. The Morgan fingerprint density at radius 1 is 1.04 bits per heavy atom. The molecule has 3 heterocycles. The maximum absolute atomic E-state index is 13.0. The fraction of sp³-hybridized carbons (Fsp3) is 0.611. The Balaban J connectivity index is 1.55. The molecule has 0 aromatic heterocycles. The van der Waals surface area contributed by atoms with Crippen molar-refractivity contribution >= 4 is 5.91 Å². The van der Waals surface area contributed by atoms with E-state index in [9.17, 15) is 4.79 Å². The Morgan fingerprint density at radius 2 is 1.78 bits per heavy atom. The maximum atomic E-state index is 13.0. The third-order valence-electron chi connectivity index (χ3n) is 5.37. The summed E-state index contributed by atoms with van der Waals surface area (Å²) >= 11 is 0. The summed E-state index contributed by atoms with van der Waals surface area (Å²) in [6.45, 7) is 3.13. The van der Waals surface area contributed by atoms with Crippen molar-refractivity contribution in [3.8, 4) is 11.5 Å². The summed E-state index contributed by atoms with van der Waals surface area (Å²) in [4.78, 5) is 17.5. The van der Waals surface area contributed by atoms with Gasteiger partial charge in [0.2, 0.25) is 0 Å². The molecule has 3 aliphatic heterocycles. The van der Waals surface area contributed by atoms with E-state index in [4.69, 9.17) is 9.47 Å². The smallest absolute Gasteiger partial charge is 0.254 e. The van der Waals surface area contributed by atoms with Crippen molar-refractivity contribution in [3.63, 3.8) is 0 Å². The number of nitrogens with zero attached hydrogens (tertiary/aromatic N) is 2. The number of likely N-dealkylation sites (tertiary alicyclic amines) is 2. The molecular weight excluding hydrogens is 292 g/mol. The second-order valence-corrected chi connectivity index (χ2v) is 6.76. The Kier molecular flexibility index (Phi) is 3.89. The summed E-state index contributed by atoms with van der Waals surface area (Å²) in [6, 6.07) is 6.42. The van der Waals surface area contributed by atoms with Crippen LogP contribution < -0.4 is 9.47 Å². The van der Waals surface area contributed by atoms with Gasteiger partial charge in [-0.15, -0.1) is 0 Å². The lowest BCUT2D eigenvalue weighted by atomic mass is 10.0. The standard InChI is InChI=1S/C18H24N2O3/c1-19-8-2-4-14(19)15-5-3-9-20(15)18(21)13-6-7-16-17(12-13)23-11-10-22-16/h6-7,12,14-15H,2-5,8-11H2,1H3. The number of amides is 1. The molecule has 3 aliphatic rings. The molecule has 5 heteroatoms. The molecule has 0 spiro atoms. The molecule has 23 heavy (non-hydrogen) atoms. The van der Waals surface area contributed by atoms with Crippen LogP contribution in [-0.2, 0) is 0 Å². The number of hydrogen-bond donors (Lipinski definition) is 0. The molecule has 2 saturated heterocycles. The largest absolute Gasteiger partial charge is 0.486 e. The second kappa shape index (κ2) is 6.04. The van der Waals surface area contributed by atoms with Crippen LogP contribution in [0.4, 0.5) is 0 Å². The van der Waals surface area contributed by atoms with E-state index >= 15 is 0 Å². The lowest BCUT2D eigenvalue weighted by Crippen LogP contribution is -2.47. The van der Waals surface area contributed by atoms with E-state index in [1.165, 1.54) is 12.8 Å². The van der Waals surface area contributed by atoms with Crippen molar-refractivity contribution in [1.29, 1.82) is 0 Å². The molecule has 0 N–H and O–H groups in total. The first kappa shape index (κ1) is 14.8. The van der Waals surface area contributed by atoms with E-state index in [-0.39, 0.29) is 5.91 Å². The van der Waals surface area contributed by atoms with Crippen LogP contribution in [0.2, 0.25) is 0 Å². The van der Waals surface area contributed by atoms with Crippen molar-refractivity contribution in [1.82, 2.24) is 9.80 Å². The normalized spacial score (nSPS) is 27.4. The minimum atomic E-state index is 0.129. The highest BCUT2D eigenvalue weighted by atomic mass is 16.6. The lowest BCUT2D eigenvalue weighted by Gasteiger charge is -2.33. The average Bonchev–Trinajstić information content (AvgIpc) is 3.22. The second-order valence-electron chi connectivity index (χ2n) is 6.76. The first-order valence-electron chi connectivity index (χ1n) is 8.65. The number of carbonyl (C=O) groups excluding carboxylic acids is 1. The highest BCUT2D eigenvalue weighted by Gasteiger charge is 2.38. The molecule has 5 nitrogen and oxygen atoms in total. The summed E-state index contributed by atoms with van der Waals surface area (Å²) in [5, 5.41) is 0. The molecule has 1 aromatic carbocycles. The van der Waals surface area contributed by atoms with Gasteiger partial charge in [-0.1, -0.05) is 0 Å². The van der Waals surface area contributed by atoms with Gasteiger partial charge in [0.1, 0.15) is 13.2 Å². The number of fused-ring (bicyclic) bond motifs is 1. The zero-order valence-electron chi connectivity index (χ0n) is 13.7. The number of rotatable bonds is 2. The van der Waals surface area contributed by atoms with Crippen molar-refractivity contribution < 1.29 is 14.3 Å². The molecule has 2 fully saturated rings. The Bertz CT molecular complexity index is 604. The number of ether oxygens (including phenoxy) is 2. The van der Waals surface area contributed by atoms with Gasteiger partial charge in [0.15, 0.2) is 11.5 Å². The summed E-state index contributed by atoms with van der Waals surface area (Å²) in [6.07, 6.45) is 4.66. The monoisotopic (exact) mass is 316 g/mol. The molecule has 0 aliphatic carbocycles. The first-order chi connectivity index (χ1) is 11.2. The van der Waals surface area contributed by atoms with E-state index < -0.39 is 0 Å². The van der Waals surface area contributed by atoms with Crippen LogP contribution in [0.3, 0.4) is 0 Å². The molecule has 1 aromatic rings. The highest BCUT2D eigenvalue weighted by Crippen LogP contribution is 2.33. The number of benzene rings is 1. The predicted molar refractivity (Wildman–Crippen MR) is 87.1 cm³/mol. The fourth-order valence-electron chi connectivity index (χ4n) is 4.21. The molecule has 0 saturated carbocycles. The van der Waals surface area contributed by atoms with Gasteiger partial charge in [-0.2, -0.15) is 0 Å². The lowest BCUT2D eigenvalue weighted by molar-refractivity contribution is 0.0663. The number of carbonyl (C=O) groups is 1. The minimum absolute atomic E-state index is 0.129. The van der Waals surface area contributed by atoms with Crippen molar-refractivity contribution in [2.45, 2.75) is 37.8 Å². The van der Waals surface area contributed by atoms with Gasteiger partial charge in [0.25, 0.3) is 5.91 Å². The third kappa shape index (κ3) is 2.67. The van der Waals surface area contributed by atoms with Gasteiger partial charge in [-0.25, -0.2) is 0 Å². The third-order valence-corrected chi connectivity index (χ3v) is 5.37. The quantitative estimate of drug-likeness (QED) is 0.838. The van der Waals surface area contributed by atoms with Gasteiger partial charge in [0, 0.05) is 24.2 Å². The van der Waals surface area contributed by atoms with Crippen molar-refractivity contribution in [2.75, 3.05) is 33.4 Å². The summed E-state index contributed by atoms with van der Waals surface area (Å²) in [7, 11) is 2.18. The number of hydrogen-bond acceptors (Lipinski definition) is 4. The van der Waals surface area contributed by atoms with Gasteiger partial charge in [-0.05, 0) is 57.5 Å². The molecule has 0 bridgehead atoms. The summed E-state index contributed by atoms with van der Waals surface area (Å²) in [5.41, 5.74) is 0.710. The van der Waals surface area contributed by atoms with Gasteiger partial charge in [-0.3, -0.25) is 4.79 Å². The predicted octanol–water partition coefficient (Wildman–Crippen LogP) is 2.16. The van der Waals surface area contributed by atoms with E-state index in [0.717, 1.165) is 31.7 Å². The minimum Gasteiger partial charge on any atom is -0.486 e. The summed E-state index contributed by atoms with van der Waals surface area (Å²) in [5.74, 6) is 1.56. The van der Waals surface area contributed by atoms with Gasteiger partial charge in [0.05, 0.1) is 0 Å². The van der Waals surface area contributed by atoms with E-state index in [0.29, 0.717) is 36.6 Å². The van der Waals surface area contributed by atoms with E-state index in [2.05, 4.69) is 16.8 Å².